The van der Waals surface area contributed by atoms with E-state index in [9.17, 15) is 9.90 Å². The lowest BCUT2D eigenvalue weighted by Gasteiger charge is -2.47. The van der Waals surface area contributed by atoms with Crippen molar-refractivity contribution >= 4 is 5.97 Å². The molecule has 0 spiro atoms. The van der Waals surface area contributed by atoms with Crippen molar-refractivity contribution in [2.24, 2.45) is 17.3 Å². The number of hydrogen-bond donors (Lipinski definition) is 1. The molecule has 2 aliphatic carbocycles. The molecule has 0 radical (unpaired) electrons. The number of aliphatic hydroxyl groups excluding tert-OH is 1. The van der Waals surface area contributed by atoms with Crippen molar-refractivity contribution in [2.45, 2.75) is 45.3 Å². The summed E-state index contributed by atoms with van der Waals surface area (Å²) >= 11 is 0. The maximum atomic E-state index is 11.6. The minimum atomic E-state index is -0.253. The van der Waals surface area contributed by atoms with Crippen molar-refractivity contribution in [3.05, 3.63) is 23.8 Å². The highest BCUT2D eigenvalue weighted by molar-refractivity contribution is 5.91. The van der Waals surface area contributed by atoms with Crippen LogP contribution in [0.4, 0.5) is 0 Å². The Kier molecular flexibility index (Phi) is 2.46. The van der Waals surface area contributed by atoms with Crippen LogP contribution in [0, 0.1) is 17.3 Å². The van der Waals surface area contributed by atoms with E-state index in [4.69, 9.17) is 4.74 Å². The van der Waals surface area contributed by atoms with Crippen LogP contribution >= 0.6 is 0 Å². The molecule has 0 amide bonds. The maximum absolute atomic E-state index is 11.6. The number of hydrogen-bond acceptors (Lipinski definition) is 3. The van der Waals surface area contributed by atoms with Gasteiger partial charge in [-0.05, 0) is 30.6 Å². The van der Waals surface area contributed by atoms with Crippen LogP contribution in [-0.4, -0.2) is 23.3 Å². The summed E-state index contributed by atoms with van der Waals surface area (Å²) in [5.41, 5.74) is 1.95. The van der Waals surface area contributed by atoms with E-state index in [2.05, 4.69) is 26.5 Å². The van der Waals surface area contributed by atoms with Crippen LogP contribution < -0.4 is 0 Å². The zero-order chi connectivity index (χ0) is 13.1. The fourth-order valence-electron chi connectivity index (χ4n) is 4.08. The summed E-state index contributed by atoms with van der Waals surface area (Å²) in [6, 6.07) is 0. The lowest BCUT2D eigenvalue weighted by molar-refractivity contribution is -0.140. The van der Waals surface area contributed by atoms with E-state index < -0.39 is 0 Å². The molecule has 2 fully saturated rings. The Balaban J connectivity index is 2.00. The second kappa shape index (κ2) is 3.70. The Morgan fingerprint density at radius 3 is 2.94 bits per heavy atom. The zero-order valence-electron chi connectivity index (χ0n) is 11.0. The third-order valence-corrected chi connectivity index (χ3v) is 4.87. The Hall–Kier alpha value is -1.09. The molecule has 1 N–H and O–H groups in total. The van der Waals surface area contributed by atoms with Gasteiger partial charge in [0.15, 0.2) is 0 Å². The fraction of sp³-hybridized carbons (Fsp3) is 0.667. The summed E-state index contributed by atoms with van der Waals surface area (Å²) in [7, 11) is 0. The molecule has 1 aliphatic heterocycles. The standard InChI is InChI=1S/C15H20O3/c1-8-4-10(16)6-15(3)7-13-11(5-12(8)15)9(2)14(17)18-13/h5,8,10-11,13,16H,2,4,6-7H2,1,3H3/t8-,10-,11+,13+,15+/m0/s1. The Morgan fingerprint density at radius 2 is 2.22 bits per heavy atom. The largest absolute Gasteiger partial charge is 0.458 e. The number of carbonyl (C=O) groups is 1. The molecular weight excluding hydrogens is 228 g/mol. The van der Waals surface area contributed by atoms with Gasteiger partial charge in [-0.3, -0.25) is 0 Å². The van der Waals surface area contributed by atoms with E-state index in [0.717, 1.165) is 19.3 Å². The minimum Gasteiger partial charge on any atom is -0.458 e. The third kappa shape index (κ3) is 1.57. The quantitative estimate of drug-likeness (QED) is 0.406. The molecule has 98 valence electrons. The molecule has 3 rings (SSSR count). The predicted octanol–water partition coefficient (Wildman–Crippen LogP) is 2.21. The van der Waals surface area contributed by atoms with Gasteiger partial charge < -0.3 is 9.84 Å². The van der Waals surface area contributed by atoms with Gasteiger partial charge in [0.05, 0.1) is 6.10 Å². The normalized spacial score (nSPS) is 47.2. The monoisotopic (exact) mass is 248 g/mol. The summed E-state index contributed by atoms with van der Waals surface area (Å²) in [6.45, 7) is 8.19. The summed E-state index contributed by atoms with van der Waals surface area (Å²) < 4.78 is 5.40. The molecule has 0 aromatic carbocycles. The van der Waals surface area contributed by atoms with Crippen molar-refractivity contribution in [3.63, 3.8) is 0 Å². The average molecular weight is 248 g/mol. The first-order valence-corrected chi connectivity index (χ1v) is 6.71. The van der Waals surface area contributed by atoms with E-state index in [-0.39, 0.29) is 29.5 Å². The number of fused-ring (bicyclic) bond motifs is 2. The molecule has 18 heavy (non-hydrogen) atoms. The summed E-state index contributed by atoms with van der Waals surface area (Å²) in [6.07, 6.45) is 4.29. The number of ether oxygens (including phenoxy) is 1. The van der Waals surface area contributed by atoms with E-state index in [0.29, 0.717) is 11.5 Å². The first-order chi connectivity index (χ1) is 8.40. The second-order valence-corrected chi connectivity index (χ2v) is 6.38. The van der Waals surface area contributed by atoms with Crippen LogP contribution in [0.5, 0.6) is 0 Å². The van der Waals surface area contributed by atoms with Gasteiger partial charge >= 0.3 is 5.97 Å². The first kappa shape index (κ1) is 12.0. The molecule has 0 unspecified atom stereocenters. The van der Waals surface area contributed by atoms with Crippen LogP contribution in [0.1, 0.15) is 33.1 Å². The number of rotatable bonds is 0. The second-order valence-electron chi connectivity index (χ2n) is 6.38. The molecule has 1 saturated heterocycles. The van der Waals surface area contributed by atoms with Crippen LogP contribution in [0.3, 0.4) is 0 Å². The van der Waals surface area contributed by atoms with Gasteiger partial charge in [0.2, 0.25) is 0 Å². The molecule has 0 aromatic heterocycles. The van der Waals surface area contributed by atoms with Gasteiger partial charge in [-0.15, -0.1) is 0 Å². The molecular formula is C15H20O3. The number of carbonyl (C=O) groups excluding carboxylic acids is 1. The topological polar surface area (TPSA) is 46.5 Å². The van der Waals surface area contributed by atoms with Gasteiger partial charge in [0, 0.05) is 11.5 Å². The molecule has 5 atom stereocenters. The van der Waals surface area contributed by atoms with E-state index in [1.54, 1.807) is 0 Å². The van der Waals surface area contributed by atoms with Crippen molar-refractivity contribution in [2.75, 3.05) is 0 Å². The van der Waals surface area contributed by atoms with Crippen molar-refractivity contribution in [3.8, 4) is 0 Å². The van der Waals surface area contributed by atoms with Crippen molar-refractivity contribution in [1.29, 1.82) is 0 Å². The van der Waals surface area contributed by atoms with Gasteiger partial charge in [0.1, 0.15) is 6.10 Å². The smallest absolute Gasteiger partial charge is 0.334 e. The summed E-state index contributed by atoms with van der Waals surface area (Å²) in [5, 5.41) is 9.98. The van der Waals surface area contributed by atoms with Crippen molar-refractivity contribution < 1.29 is 14.6 Å². The van der Waals surface area contributed by atoms with Crippen LogP contribution in [0.2, 0.25) is 0 Å². The lowest BCUT2D eigenvalue weighted by atomic mass is 9.59. The molecule has 3 heteroatoms. The lowest BCUT2D eigenvalue weighted by Crippen LogP contribution is -2.42. The highest BCUT2D eigenvalue weighted by atomic mass is 16.6. The van der Waals surface area contributed by atoms with Crippen molar-refractivity contribution in [1.82, 2.24) is 0 Å². The van der Waals surface area contributed by atoms with Gasteiger partial charge in [0.25, 0.3) is 0 Å². The summed E-state index contributed by atoms with van der Waals surface area (Å²) in [5.74, 6) is 0.179. The zero-order valence-corrected chi connectivity index (χ0v) is 11.0. The number of allylic oxidation sites excluding steroid dienone is 1. The molecule has 1 saturated carbocycles. The highest BCUT2D eigenvalue weighted by Gasteiger charge is 2.50. The summed E-state index contributed by atoms with van der Waals surface area (Å²) in [4.78, 5) is 11.6. The van der Waals surface area contributed by atoms with E-state index >= 15 is 0 Å². The average Bonchev–Trinajstić information content (AvgIpc) is 2.50. The SMILES string of the molecule is C=C1C(=O)O[C@@H]2C[C@@]3(C)C[C@@H](O)C[C@H](C)C3=C[C@H]12. The van der Waals surface area contributed by atoms with Crippen LogP contribution in [0.25, 0.3) is 0 Å². The van der Waals surface area contributed by atoms with Gasteiger partial charge in [-0.1, -0.05) is 32.1 Å². The van der Waals surface area contributed by atoms with E-state index in [1.165, 1.54) is 5.57 Å². The highest BCUT2D eigenvalue weighted by Crippen LogP contribution is 2.53. The Bertz CT molecular complexity index is 451. The first-order valence-electron chi connectivity index (χ1n) is 6.71. The molecule has 3 nitrogen and oxygen atoms in total. The minimum absolute atomic E-state index is 0.0247. The Morgan fingerprint density at radius 1 is 1.50 bits per heavy atom. The molecule has 3 aliphatic rings. The maximum Gasteiger partial charge on any atom is 0.334 e. The predicted molar refractivity (Wildman–Crippen MR) is 67.7 cm³/mol. The molecule has 0 aromatic rings. The van der Waals surface area contributed by atoms with Gasteiger partial charge in [-0.25, -0.2) is 4.79 Å². The molecule has 0 bridgehead atoms. The van der Waals surface area contributed by atoms with Crippen LogP contribution in [0.15, 0.2) is 23.8 Å². The fourth-order valence-corrected chi connectivity index (χ4v) is 4.08. The number of esters is 1. The van der Waals surface area contributed by atoms with Crippen LogP contribution in [-0.2, 0) is 9.53 Å². The van der Waals surface area contributed by atoms with E-state index in [1.807, 2.05) is 0 Å². The molecule has 1 heterocycles. The third-order valence-electron chi connectivity index (χ3n) is 4.87. The Labute approximate surface area is 108 Å². The van der Waals surface area contributed by atoms with Gasteiger partial charge in [-0.2, -0.15) is 0 Å². The number of aliphatic hydroxyl groups is 1.